The maximum Gasteiger partial charge on any atom is 0.275 e. The number of rotatable bonds is 2. The number of carbonyl (C=O) groups is 1. The fraction of sp³-hybridized carbons (Fsp3) is 0.286. The zero-order valence-corrected chi connectivity index (χ0v) is 11.9. The molecule has 0 radical (unpaired) electrons. The van der Waals surface area contributed by atoms with Crippen molar-refractivity contribution < 1.29 is 9.72 Å². The molecule has 7 heteroatoms. The summed E-state index contributed by atoms with van der Waals surface area (Å²) in [4.78, 5) is 23.0. The molecule has 1 aliphatic carbocycles. The van der Waals surface area contributed by atoms with Crippen LogP contribution in [0.2, 0.25) is 0 Å². The predicted molar refractivity (Wildman–Crippen MR) is 80.6 cm³/mol. The molecule has 21 heavy (non-hydrogen) atoms. The fourth-order valence-electron chi connectivity index (χ4n) is 2.84. The highest BCUT2D eigenvalue weighted by Crippen LogP contribution is 2.36. The van der Waals surface area contributed by atoms with E-state index in [4.69, 9.17) is 12.2 Å². The van der Waals surface area contributed by atoms with Gasteiger partial charge in [0.1, 0.15) is 0 Å². The average molecular weight is 303 g/mol. The molecule has 0 aromatic heterocycles. The second kappa shape index (κ2) is 5.25. The van der Waals surface area contributed by atoms with Gasteiger partial charge in [0, 0.05) is 23.8 Å². The SMILES string of the molecule is O=C1CCCC2=C1C(c1ccccc1[N+](=O)[O-])NC(=S)N2. The maximum absolute atomic E-state index is 12.2. The van der Waals surface area contributed by atoms with E-state index < -0.39 is 11.0 Å². The number of hydrogen-bond acceptors (Lipinski definition) is 4. The van der Waals surface area contributed by atoms with Crippen LogP contribution in [0.4, 0.5) is 5.69 Å². The van der Waals surface area contributed by atoms with E-state index in [1.165, 1.54) is 6.07 Å². The predicted octanol–water partition coefficient (Wildman–Crippen LogP) is 2.12. The van der Waals surface area contributed by atoms with Crippen LogP contribution in [0.15, 0.2) is 35.5 Å². The summed E-state index contributed by atoms with van der Waals surface area (Å²) in [5, 5.41) is 17.6. The number of nitro benzene ring substituents is 1. The Balaban J connectivity index is 2.14. The number of nitrogens with zero attached hydrogens (tertiary/aromatic N) is 1. The Morgan fingerprint density at radius 1 is 1.29 bits per heavy atom. The summed E-state index contributed by atoms with van der Waals surface area (Å²) in [5.41, 5.74) is 1.82. The van der Waals surface area contributed by atoms with Gasteiger partial charge in [-0.15, -0.1) is 0 Å². The summed E-state index contributed by atoms with van der Waals surface area (Å²) in [6.07, 6.45) is 1.98. The van der Waals surface area contributed by atoms with E-state index >= 15 is 0 Å². The maximum atomic E-state index is 12.2. The van der Waals surface area contributed by atoms with Crippen LogP contribution in [0, 0.1) is 10.1 Å². The number of carbonyl (C=O) groups excluding carboxylic acids is 1. The van der Waals surface area contributed by atoms with Crippen LogP contribution in [-0.2, 0) is 4.79 Å². The summed E-state index contributed by atoms with van der Waals surface area (Å²) < 4.78 is 0. The van der Waals surface area contributed by atoms with Crippen molar-refractivity contribution in [2.75, 3.05) is 0 Å². The van der Waals surface area contributed by atoms with Crippen molar-refractivity contribution in [1.82, 2.24) is 10.6 Å². The molecule has 0 saturated carbocycles. The van der Waals surface area contributed by atoms with Gasteiger partial charge in [-0.05, 0) is 31.1 Å². The minimum Gasteiger partial charge on any atom is -0.351 e. The minimum atomic E-state index is -0.553. The molecule has 2 N–H and O–H groups in total. The number of ketones is 1. The first-order valence-corrected chi connectivity index (χ1v) is 7.06. The summed E-state index contributed by atoms with van der Waals surface area (Å²) in [6.45, 7) is 0. The van der Waals surface area contributed by atoms with Gasteiger partial charge in [-0.2, -0.15) is 0 Å². The molecular weight excluding hydrogens is 290 g/mol. The van der Waals surface area contributed by atoms with Gasteiger partial charge in [0.25, 0.3) is 5.69 Å². The minimum absolute atomic E-state index is 0.00933. The molecule has 1 aromatic carbocycles. The number of hydrogen-bond donors (Lipinski definition) is 2. The van der Waals surface area contributed by atoms with Gasteiger partial charge in [-0.25, -0.2) is 0 Å². The van der Waals surface area contributed by atoms with E-state index in [2.05, 4.69) is 10.6 Å². The van der Waals surface area contributed by atoms with E-state index in [1.54, 1.807) is 18.2 Å². The number of benzene rings is 1. The largest absolute Gasteiger partial charge is 0.351 e. The zero-order chi connectivity index (χ0) is 15.0. The molecule has 3 rings (SSSR count). The van der Waals surface area contributed by atoms with Gasteiger partial charge in [0.15, 0.2) is 10.9 Å². The van der Waals surface area contributed by atoms with Crippen molar-refractivity contribution in [1.29, 1.82) is 0 Å². The lowest BCUT2D eigenvalue weighted by Gasteiger charge is -2.33. The Bertz CT molecular complexity index is 684. The van der Waals surface area contributed by atoms with Crippen molar-refractivity contribution in [3.63, 3.8) is 0 Å². The fourth-order valence-corrected chi connectivity index (χ4v) is 3.08. The van der Waals surface area contributed by atoms with E-state index in [9.17, 15) is 14.9 Å². The van der Waals surface area contributed by atoms with Gasteiger partial charge in [-0.3, -0.25) is 14.9 Å². The summed E-state index contributed by atoms with van der Waals surface area (Å²) in [7, 11) is 0. The van der Waals surface area contributed by atoms with Gasteiger partial charge < -0.3 is 10.6 Å². The van der Waals surface area contributed by atoms with Gasteiger partial charge >= 0.3 is 0 Å². The quantitative estimate of drug-likeness (QED) is 0.494. The summed E-state index contributed by atoms with van der Waals surface area (Å²) in [5.74, 6) is 0.0156. The summed E-state index contributed by atoms with van der Waals surface area (Å²) in [6, 6.07) is 5.89. The van der Waals surface area contributed by atoms with E-state index in [1.807, 2.05) is 0 Å². The highest BCUT2D eigenvalue weighted by molar-refractivity contribution is 7.80. The third-order valence-electron chi connectivity index (χ3n) is 3.73. The Labute approximate surface area is 126 Å². The van der Waals surface area contributed by atoms with Crippen molar-refractivity contribution in [3.8, 4) is 0 Å². The van der Waals surface area contributed by atoms with E-state index in [0.717, 1.165) is 18.5 Å². The monoisotopic (exact) mass is 303 g/mol. The number of allylic oxidation sites excluding steroid dienone is 1. The van der Waals surface area contributed by atoms with Crippen LogP contribution in [0.1, 0.15) is 30.9 Å². The molecule has 0 fully saturated rings. The van der Waals surface area contributed by atoms with Gasteiger partial charge in [0.2, 0.25) is 0 Å². The first kappa shape index (κ1) is 13.7. The van der Waals surface area contributed by atoms with E-state index in [-0.39, 0.29) is 11.5 Å². The smallest absolute Gasteiger partial charge is 0.275 e. The molecule has 2 aliphatic rings. The first-order chi connectivity index (χ1) is 10.1. The number of thiocarbonyl (C=S) groups is 1. The molecular formula is C14H13N3O3S. The molecule has 1 heterocycles. The topological polar surface area (TPSA) is 84.3 Å². The number of para-hydroxylation sites is 1. The first-order valence-electron chi connectivity index (χ1n) is 6.65. The van der Waals surface area contributed by atoms with Crippen molar-refractivity contribution >= 4 is 28.8 Å². The number of nitrogens with one attached hydrogen (secondary N) is 2. The molecule has 0 saturated heterocycles. The van der Waals surface area contributed by atoms with Crippen molar-refractivity contribution in [3.05, 3.63) is 51.2 Å². The van der Waals surface area contributed by atoms with Crippen molar-refractivity contribution in [2.24, 2.45) is 0 Å². The molecule has 1 atom stereocenters. The normalized spacial score (nSPS) is 21.4. The van der Waals surface area contributed by atoms with Gasteiger partial charge in [0.05, 0.1) is 16.5 Å². The molecule has 6 nitrogen and oxygen atoms in total. The highest BCUT2D eigenvalue weighted by Gasteiger charge is 2.36. The van der Waals surface area contributed by atoms with Crippen LogP contribution in [0.25, 0.3) is 0 Å². The third-order valence-corrected chi connectivity index (χ3v) is 3.95. The van der Waals surface area contributed by atoms with E-state index in [0.29, 0.717) is 22.7 Å². The van der Waals surface area contributed by atoms with Crippen LogP contribution in [0.5, 0.6) is 0 Å². The van der Waals surface area contributed by atoms with Crippen LogP contribution in [0.3, 0.4) is 0 Å². The number of nitro groups is 1. The van der Waals surface area contributed by atoms with Crippen molar-refractivity contribution in [2.45, 2.75) is 25.3 Å². The third kappa shape index (κ3) is 2.40. The average Bonchev–Trinajstić information content (AvgIpc) is 2.46. The molecule has 1 aromatic rings. The van der Waals surface area contributed by atoms with Crippen LogP contribution >= 0.6 is 12.2 Å². The Hall–Kier alpha value is -2.28. The summed E-state index contributed by atoms with van der Waals surface area (Å²) >= 11 is 5.16. The second-order valence-electron chi connectivity index (χ2n) is 5.02. The Morgan fingerprint density at radius 2 is 2.05 bits per heavy atom. The van der Waals surface area contributed by atoms with Gasteiger partial charge in [-0.1, -0.05) is 12.1 Å². The molecule has 108 valence electrons. The molecule has 0 bridgehead atoms. The molecule has 1 unspecified atom stereocenters. The highest BCUT2D eigenvalue weighted by atomic mass is 32.1. The lowest BCUT2D eigenvalue weighted by molar-refractivity contribution is -0.385. The Morgan fingerprint density at radius 3 is 2.81 bits per heavy atom. The number of Topliss-reactive ketones (excluding diaryl/α,β-unsaturated/α-hetero) is 1. The molecule has 0 spiro atoms. The zero-order valence-electron chi connectivity index (χ0n) is 11.1. The second-order valence-corrected chi connectivity index (χ2v) is 5.42. The van der Waals surface area contributed by atoms with Crippen LogP contribution in [-0.4, -0.2) is 15.8 Å². The lowest BCUT2D eigenvalue weighted by Crippen LogP contribution is -2.46. The lowest BCUT2D eigenvalue weighted by atomic mass is 9.85. The Kier molecular flexibility index (Phi) is 3.42. The van der Waals surface area contributed by atoms with Crippen LogP contribution < -0.4 is 10.6 Å². The molecule has 0 amide bonds. The molecule has 1 aliphatic heterocycles. The standard InChI is InChI=1S/C14H13N3O3S/c18-11-7-3-5-9-12(11)13(16-14(21)15-9)8-4-1-2-6-10(8)17(19)20/h1-2,4,6,13H,3,5,7H2,(H2,15,16,21).